The fourth-order valence-corrected chi connectivity index (χ4v) is 3.06. The molecule has 1 aromatic heterocycles. The number of anilines is 1. The molecule has 0 saturated carbocycles. The summed E-state index contributed by atoms with van der Waals surface area (Å²) < 4.78 is 0. The van der Waals surface area contributed by atoms with Gasteiger partial charge in [0.25, 0.3) is 5.91 Å². The predicted octanol–water partition coefficient (Wildman–Crippen LogP) is 2.73. The molecule has 1 saturated heterocycles. The number of aryl methyl sites for hydroxylation is 1. The zero-order chi connectivity index (χ0) is 14.9. The third-order valence-corrected chi connectivity index (χ3v) is 4.37. The van der Waals surface area contributed by atoms with Gasteiger partial charge in [-0.1, -0.05) is 20.8 Å². The Morgan fingerprint density at radius 2 is 2.10 bits per heavy atom. The van der Waals surface area contributed by atoms with Gasteiger partial charge in [-0.3, -0.25) is 4.79 Å². The van der Waals surface area contributed by atoms with Crippen LogP contribution in [0.4, 0.5) is 5.82 Å². The van der Waals surface area contributed by atoms with Crippen molar-refractivity contribution in [1.29, 1.82) is 0 Å². The molecular weight excluding hydrogens is 250 g/mol. The Bertz CT molecular complexity index is 500. The van der Waals surface area contributed by atoms with Crippen LogP contribution >= 0.6 is 0 Å². The number of carbonyl (C=O) groups excluding carboxylic acids is 1. The Labute approximate surface area is 121 Å². The van der Waals surface area contributed by atoms with Gasteiger partial charge in [0.2, 0.25) is 0 Å². The van der Waals surface area contributed by atoms with Crippen LogP contribution in [0, 0.1) is 11.8 Å². The molecule has 1 fully saturated rings. The molecule has 1 aromatic rings. The first-order chi connectivity index (χ1) is 9.42. The molecule has 4 heteroatoms. The van der Waals surface area contributed by atoms with Crippen molar-refractivity contribution in [3.63, 3.8) is 0 Å². The zero-order valence-corrected chi connectivity index (χ0v) is 12.9. The number of hydrogen-bond donors (Lipinski definition) is 1. The van der Waals surface area contributed by atoms with E-state index in [0.29, 0.717) is 23.2 Å². The maximum Gasteiger partial charge on any atom is 0.254 e. The lowest BCUT2D eigenvalue weighted by atomic mass is 9.85. The summed E-state index contributed by atoms with van der Waals surface area (Å²) in [6.45, 7) is 9.41. The summed E-state index contributed by atoms with van der Waals surface area (Å²) in [5.41, 5.74) is 7.35. The number of aromatic nitrogens is 1. The largest absolute Gasteiger partial charge is 0.384 e. The Morgan fingerprint density at radius 1 is 1.40 bits per heavy atom. The van der Waals surface area contributed by atoms with Crippen LogP contribution in [0.25, 0.3) is 0 Å². The van der Waals surface area contributed by atoms with Crippen molar-refractivity contribution < 1.29 is 4.79 Å². The standard InChI is InChI=1S/C16H25N3O/c1-5-14-7-13(8-15(17)18-14)16(20)19-9-10(2)6-11(3)12(19)4/h7-8,10-12H,5-6,9H2,1-4H3,(H2,17,18). The number of nitrogens with zero attached hydrogens (tertiary/aromatic N) is 2. The maximum atomic E-state index is 12.8. The van der Waals surface area contributed by atoms with Crippen molar-refractivity contribution >= 4 is 11.7 Å². The SMILES string of the molecule is CCc1cc(C(=O)N2CC(C)CC(C)C2C)cc(N)n1. The van der Waals surface area contributed by atoms with E-state index in [9.17, 15) is 4.79 Å². The van der Waals surface area contributed by atoms with Gasteiger partial charge in [0.05, 0.1) is 0 Å². The highest BCUT2D eigenvalue weighted by Crippen LogP contribution is 2.28. The lowest BCUT2D eigenvalue weighted by Gasteiger charge is -2.41. The number of carbonyl (C=O) groups is 1. The second kappa shape index (κ2) is 5.81. The van der Waals surface area contributed by atoms with Gasteiger partial charge in [0, 0.05) is 23.8 Å². The summed E-state index contributed by atoms with van der Waals surface area (Å²) in [6.07, 6.45) is 1.97. The van der Waals surface area contributed by atoms with Crippen LogP contribution in [0.3, 0.4) is 0 Å². The normalized spacial score (nSPS) is 26.6. The van der Waals surface area contributed by atoms with E-state index in [1.54, 1.807) is 6.07 Å². The molecule has 0 aliphatic carbocycles. The number of rotatable bonds is 2. The minimum atomic E-state index is 0.0831. The van der Waals surface area contributed by atoms with Crippen LogP contribution in [-0.4, -0.2) is 28.4 Å². The Hall–Kier alpha value is -1.58. The molecule has 4 nitrogen and oxygen atoms in total. The highest BCUT2D eigenvalue weighted by atomic mass is 16.2. The van der Waals surface area contributed by atoms with Crippen LogP contribution in [0.2, 0.25) is 0 Å². The molecule has 2 heterocycles. The highest BCUT2D eigenvalue weighted by molar-refractivity contribution is 5.95. The molecule has 0 spiro atoms. The van der Waals surface area contributed by atoms with Crippen LogP contribution in [0.5, 0.6) is 0 Å². The number of pyridine rings is 1. The summed E-state index contributed by atoms with van der Waals surface area (Å²) in [6, 6.07) is 3.84. The summed E-state index contributed by atoms with van der Waals surface area (Å²) in [5, 5.41) is 0. The van der Waals surface area contributed by atoms with Gasteiger partial charge in [-0.05, 0) is 43.7 Å². The summed E-state index contributed by atoms with van der Waals surface area (Å²) in [5.74, 6) is 1.60. The third-order valence-electron chi connectivity index (χ3n) is 4.37. The molecule has 0 bridgehead atoms. The van der Waals surface area contributed by atoms with Crippen molar-refractivity contribution in [2.45, 2.75) is 46.6 Å². The molecule has 1 amide bonds. The molecule has 110 valence electrons. The lowest BCUT2D eigenvalue weighted by Crippen LogP contribution is -2.48. The van der Waals surface area contributed by atoms with E-state index in [2.05, 4.69) is 25.8 Å². The first kappa shape index (κ1) is 14.8. The van der Waals surface area contributed by atoms with Crippen LogP contribution in [-0.2, 0) is 6.42 Å². The average molecular weight is 275 g/mol. The number of piperidine rings is 1. The molecule has 20 heavy (non-hydrogen) atoms. The van der Waals surface area contributed by atoms with Gasteiger partial charge < -0.3 is 10.6 Å². The first-order valence-electron chi connectivity index (χ1n) is 7.49. The van der Waals surface area contributed by atoms with Crippen molar-refractivity contribution in [1.82, 2.24) is 9.88 Å². The lowest BCUT2D eigenvalue weighted by molar-refractivity contribution is 0.0455. The zero-order valence-electron chi connectivity index (χ0n) is 12.9. The Balaban J connectivity index is 2.28. The highest BCUT2D eigenvalue weighted by Gasteiger charge is 2.32. The predicted molar refractivity (Wildman–Crippen MR) is 81.5 cm³/mol. The third kappa shape index (κ3) is 2.94. The van der Waals surface area contributed by atoms with Gasteiger partial charge in [-0.2, -0.15) is 0 Å². The van der Waals surface area contributed by atoms with Gasteiger partial charge in [-0.15, -0.1) is 0 Å². The second-order valence-corrected chi connectivity index (χ2v) is 6.14. The number of hydrogen-bond acceptors (Lipinski definition) is 3. The molecule has 3 unspecified atom stereocenters. The minimum absolute atomic E-state index is 0.0831. The van der Waals surface area contributed by atoms with Crippen LogP contribution in [0.15, 0.2) is 12.1 Å². The first-order valence-corrected chi connectivity index (χ1v) is 7.49. The average Bonchev–Trinajstić information content (AvgIpc) is 2.41. The molecular formula is C16H25N3O. The Kier molecular flexibility index (Phi) is 4.31. The van der Waals surface area contributed by atoms with E-state index in [1.807, 2.05) is 17.9 Å². The van der Waals surface area contributed by atoms with E-state index in [1.165, 1.54) is 6.42 Å². The van der Waals surface area contributed by atoms with Gasteiger partial charge in [0.1, 0.15) is 5.82 Å². The van der Waals surface area contributed by atoms with Crippen LogP contribution < -0.4 is 5.73 Å². The van der Waals surface area contributed by atoms with Gasteiger partial charge in [0.15, 0.2) is 0 Å². The van der Waals surface area contributed by atoms with Gasteiger partial charge in [-0.25, -0.2) is 4.98 Å². The molecule has 2 rings (SSSR count). The summed E-state index contributed by atoms with van der Waals surface area (Å²) in [4.78, 5) is 19.0. The molecule has 0 aromatic carbocycles. The smallest absolute Gasteiger partial charge is 0.254 e. The molecule has 1 aliphatic heterocycles. The molecule has 1 aliphatic rings. The number of nitrogen functional groups attached to an aromatic ring is 1. The van der Waals surface area contributed by atoms with E-state index in [-0.39, 0.29) is 11.9 Å². The monoisotopic (exact) mass is 275 g/mol. The van der Waals surface area contributed by atoms with Crippen molar-refractivity contribution in [2.24, 2.45) is 11.8 Å². The van der Waals surface area contributed by atoms with E-state index in [4.69, 9.17) is 5.73 Å². The maximum absolute atomic E-state index is 12.8. The molecule has 2 N–H and O–H groups in total. The molecule has 0 radical (unpaired) electrons. The number of amides is 1. The van der Waals surface area contributed by atoms with E-state index < -0.39 is 0 Å². The van der Waals surface area contributed by atoms with E-state index in [0.717, 1.165) is 18.7 Å². The number of nitrogens with two attached hydrogens (primary N) is 1. The summed E-state index contributed by atoms with van der Waals surface area (Å²) in [7, 11) is 0. The Morgan fingerprint density at radius 3 is 2.75 bits per heavy atom. The minimum Gasteiger partial charge on any atom is -0.384 e. The number of likely N-dealkylation sites (tertiary alicyclic amines) is 1. The van der Waals surface area contributed by atoms with Crippen molar-refractivity contribution in [3.05, 3.63) is 23.4 Å². The van der Waals surface area contributed by atoms with Crippen LogP contribution in [0.1, 0.15) is 50.2 Å². The van der Waals surface area contributed by atoms with E-state index >= 15 is 0 Å². The second-order valence-electron chi connectivity index (χ2n) is 6.14. The quantitative estimate of drug-likeness (QED) is 0.902. The fourth-order valence-electron chi connectivity index (χ4n) is 3.06. The topological polar surface area (TPSA) is 59.2 Å². The van der Waals surface area contributed by atoms with Crippen molar-refractivity contribution in [2.75, 3.05) is 12.3 Å². The van der Waals surface area contributed by atoms with Gasteiger partial charge >= 0.3 is 0 Å². The summed E-state index contributed by atoms with van der Waals surface area (Å²) >= 11 is 0. The van der Waals surface area contributed by atoms with Crippen molar-refractivity contribution in [3.8, 4) is 0 Å². The fraction of sp³-hybridized carbons (Fsp3) is 0.625. The molecule has 3 atom stereocenters.